The van der Waals surface area contributed by atoms with Crippen molar-refractivity contribution in [2.45, 2.75) is 33.6 Å². The zero-order valence-electron chi connectivity index (χ0n) is 15.7. The number of nitrogens with zero attached hydrogens (tertiary/aromatic N) is 2. The molecule has 26 heavy (non-hydrogen) atoms. The highest BCUT2D eigenvalue weighted by molar-refractivity contribution is 5.95. The molecule has 0 saturated carbocycles. The van der Waals surface area contributed by atoms with Gasteiger partial charge in [-0.15, -0.1) is 0 Å². The van der Waals surface area contributed by atoms with E-state index in [1.54, 1.807) is 40.1 Å². The van der Waals surface area contributed by atoms with Crippen molar-refractivity contribution >= 4 is 17.8 Å². The van der Waals surface area contributed by atoms with Crippen molar-refractivity contribution in [3.63, 3.8) is 0 Å². The lowest BCUT2D eigenvalue weighted by Gasteiger charge is -2.22. The number of rotatable bonds is 4. The van der Waals surface area contributed by atoms with Crippen molar-refractivity contribution in [2.75, 3.05) is 26.2 Å². The summed E-state index contributed by atoms with van der Waals surface area (Å²) >= 11 is 0. The highest BCUT2D eigenvalue weighted by Gasteiger charge is 2.22. The number of hydrogen-bond acceptors (Lipinski definition) is 4. The van der Waals surface area contributed by atoms with Gasteiger partial charge in [-0.05, 0) is 38.0 Å². The van der Waals surface area contributed by atoms with E-state index in [2.05, 4.69) is 0 Å². The van der Waals surface area contributed by atoms with Crippen molar-refractivity contribution in [2.24, 2.45) is 0 Å². The highest BCUT2D eigenvalue weighted by Crippen LogP contribution is 2.16. The molecular formula is C20H26N2O4. The molecule has 0 N–H and O–H groups in total. The smallest absolute Gasteiger partial charge is 0.308 e. The van der Waals surface area contributed by atoms with E-state index in [0.717, 1.165) is 18.4 Å². The fourth-order valence-electron chi connectivity index (χ4n) is 2.79. The zero-order chi connectivity index (χ0) is 19.1. The van der Waals surface area contributed by atoms with Gasteiger partial charge in [0.05, 0.1) is 0 Å². The van der Waals surface area contributed by atoms with Crippen LogP contribution in [0.5, 0.6) is 5.75 Å². The number of esters is 1. The second-order valence-corrected chi connectivity index (χ2v) is 6.44. The quantitative estimate of drug-likeness (QED) is 0.471. The standard InChI is InChI=1S/C20H26N2O4/c1-4-15(2)13-19(24)21-9-6-10-22(12-11-21)20(25)17-7-5-8-18(14-17)26-16(3)23/h5,7-8,13-14H,4,6,9-12H2,1-3H3/b15-13+. The summed E-state index contributed by atoms with van der Waals surface area (Å²) in [7, 11) is 0. The van der Waals surface area contributed by atoms with Crippen LogP contribution < -0.4 is 4.74 Å². The Kier molecular flexibility index (Phi) is 6.95. The van der Waals surface area contributed by atoms with Gasteiger partial charge in [-0.25, -0.2) is 0 Å². The normalized spacial score (nSPS) is 15.4. The van der Waals surface area contributed by atoms with E-state index in [1.165, 1.54) is 6.92 Å². The molecule has 1 aromatic carbocycles. The van der Waals surface area contributed by atoms with E-state index in [0.29, 0.717) is 37.5 Å². The third-order valence-corrected chi connectivity index (χ3v) is 4.36. The molecule has 0 spiro atoms. The Labute approximate surface area is 154 Å². The number of carbonyl (C=O) groups excluding carboxylic acids is 3. The molecule has 1 fully saturated rings. The van der Waals surface area contributed by atoms with Crippen LogP contribution in [0.25, 0.3) is 0 Å². The summed E-state index contributed by atoms with van der Waals surface area (Å²) in [6.45, 7) is 7.53. The van der Waals surface area contributed by atoms with Crippen LogP contribution >= 0.6 is 0 Å². The molecular weight excluding hydrogens is 332 g/mol. The Morgan fingerprint density at radius 1 is 1.08 bits per heavy atom. The summed E-state index contributed by atoms with van der Waals surface area (Å²) in [5.74, 6) is -0.173. The lowest BCUT2D eigenvalue weighted by Crippen LogP contribution is -2.36. The van der Waals surface area contributed by atoms with Gasteiger partial charge < -0.3 is 14.5 Å². The number of benzene rings is 1. The molecule has 1 aliphatic heterocycles. The molecule has 0 bridgehead atoms. The molecule has 1 aliphatic rings. The van der Waals surface area contributed by atoms with Crippen molar-refractivity contribution in [1.29, 1.82) is 0 Å². The summed E-state index contributed by atoms with van der Waals surface area (Å²) < 4.78 is 5.04. The molecule has 2 amide bonds. The maximum Gasteiger partial charge on any atom is 0.308 e. The van der Waals surface area contributed by atoms with Crippen LogP contribution in [0.1, 0.15) is 44.0 Å². The first-order chi connectivity index (χ1) is 12.4. The summed E-state index contributed by atoms with van der Waals surface area (Å²) in [5.41, 5.74) is 1.53. The van der Waals surface area contributed by atoms with Crippen LogP contribution in [0.3, 0.4) is 0 Å². The number of carbonyl (C=O) groups is 3. The van der Waals surface area contributed by atoms with Gasteiger partial charge in [-0.1, -0.05) is 18.6 Å². The topological polar surface area (TPSA) is 66.9 Å². The number of amides is 2. The minimum Gasteiger partial charge on any atom is -0.427 e. The van der Waals surface area contributed by atoms with Gasteiger partial charge in [0.1, 0.15) is 5.75 Å². The van der Waals surface area contributed by atoms with Crippen LogP contribution in [-0.2, 0) is 9.59 Å². The first-order valence-corrected chi connectivity index (χ1v) is 8.94. The molecule has 6 heteroatoms. The molecule has 140 valence electrons. The average Bonchev–Trinajstić information content (AvgIpc) is 2.86. The molecule has 1 heterocycles. The minimum absolute atomic E-state index is 0.00973. The van der Waals surface area contributed by atoms with E-state index in [-0.39, 0.29) is 11.8 Å². The zero-order valence-corrected chi connectivity index (χ0v) is 15.7. The van der Waals surface area contributed by atoms with E-state index in [9.17, 15) is 14.4 Å². The molecule has 0 atom stereocenters. The van der Waals surface area contributed by atoms with Crippen molar-refractivity contribution in [3.8, 4) is 5.75 Å². The first-order valence-electron chi connectivity index (χ1n) is 8.94. The minimum atomic E-state index is -0.422. The maximum absolute atomic E-state index is 12.8. The van der Waals surface area contributed by atoms with Gasteiger partial charge in [0.2, 0.25) is 5.91 Å². The van der Waals surface area contributed by atoms with Crippen LogP contribution in [0, 0.1) is 0 Å². The van der Waals surface area contributed by atoms with Gasteiger partial charge in [0.25, 0.3) is 5.91 Å². The largest absolute Gasteiger partial charge is 0.427 e. The third kappa shape index (κ3) is 5.44. The van der Waals surface area contributed by atoms with Crippen LogP contribution in [0.2, 0.25) is 0 Å². The monoisotopic (exact) mass is 358 g/mol. The molecule has 1 aromatic rings. The SMILES string of the molecule is CC/C(C)=C/C(=O)N1CCCN(C(=O)c2cccc(OC(C)=O)c2)CC1. The molecule has 0 radical (unpaired) electrons. The van der Waals surface area contributed by atoms with Gasteiger partial charge in [-0.3, -0.25) is 14.4 Å². The molecule has 0 aromatic heterocycles. The van der Waals surface area contributed by atoms with Gasteiger partial charge in [0.15, 0.2) is 0 Å². The predicted molar refractivity (Wildman–Crippen MR) is 98.9 cm³/mol. The van der Waals surface area contributed by atoms with E-state index >= 15 is 0 Å². The predicted octanol–water partition coefficient (Wildman–Crippen LogP) is 2.64. The Hall–Kier alpha value is -2.63. The molecule has 2 rings (SSSR count). The lowest BCUT2D eigenvalue weighted by atomic mass is 10.2. The van der Waals surface area contributed by atoms with E-state index < -0.39 is 5.97 Å². The van der Waals surface area contributed by atoms with Crippen molar-refractivity contribution in [1.82, 2.24) is 9.80 Å². The summed E-state index contributed by atoms with van der Waals surface area (Å²) in [6, 6.07) is 6.61. The number of ether oxygens (including phenoxy) is 1. The van der Waals surface area contributed by atoms with Crippen molar-refractivity contribution < 1.29 is 19.1 Å². The van der Waals surface area contributed by atoms with Gasteiger partial charge in [-0.2, -0.15) is 0 Å². The van der Waals surface area contributed by atoms with E-state index in [4.69, 9.17) is 4.74 Å². The van der Waals surface area contributed by atoms with Crippen LogP contribution in [-0.4, -0.2) is 53.8 Å². The fourth-order valence-corrected chi connectivity index (χ4v) is 2.79. The molecule has 1 saturated heterocycles. The van der Waals surface area contributed by atoms with Gasteiger partial charge >= 0.3 is 5.97 Å². The third-order valence-electron chi connectivity index (χ3n) is 4.36. The molecule has 0 unspecified atom stereocenters. The first kappa shape index (κ1) is 19.7. The second-order valence-electron chi connectivity index (χ2n) is 6.44. The highest BCUT2D eigenvalue weighted by atomic mass is 16.5. The number of allylic oxidation sites excluding steroid dienone is 1. The lowest BCUT2D eigenvalue weighted by molar-refractivity contribution is -0.132. The summed E-state index contributed by atoms with van der Waals surface area (Å²) in [4.78, 5) is 39.7. The summed E-state index contributed by atoms with van der Waals surface area (Å²) in [5, 5.41) is 0. The van der Waals surface area contributed by atoms with Crippen molar-refractivity contribution in [3.05, 3.63) is 41.5 Å². The fraction of sp³-hybridized carbons (Fsp3) is 0.450. The number of hydrogen-bond donors (Lipinski definition) is 0. The Morgan fingerprint density at radius 3 is 2.46 bits per heavy atom. The Morgan fingerprint density at radius 2 is 1.77 bits per heavy atom. The van der Waals surface area contributed by atoms with E-state index in [1.807, 2.05) is 13.8 Å². The molecule has 6 nitrogen and oxygen atoms in total. The maximum atomic E-state index is 12.8. The molecule has 0 aliphatic carbocycles. The van der Waals surface area contributed by atoms with Crippen LogP contribution in [0.4, 0.5) is 0 Å². The second kappa shape index (κ2) is 9.17. The Balaban J connectivity index is 2.03. The average molecular weight is 358 g/mol. The van der Waals surface area contributed by atoms with Crippen LogP contribution in [0.15, 0.2) is 35.9 Å². The summed E-state index contributed by atoms with van der Waals surface area (Å²) in [6.07, 6.45) is 3.27. The Bertz CT molecular complexity index is 712. The van der Waals surface area contributed by atoms with Gasteiger partial charge in [0, 0.05) is 44.7 Å².